The molecular weight excluding hydrogens is 937 g/mol. The number of fused-ring (bicyclic) bond motifs is 12. The number of azo groups is 1. The Morgan fingerprint density at radius 2 is 1.15 bits per heavy atom. The average Bonchev–Trinajstić information content (AvgIpc) is 4.11. The van der Waals surface area contributed by atoms with Crippen molar-refractivity contribution in [1.82, 2.24) is 28.1 Å². The zero-order valence-corrected chi connectivity index (χ0v) is 37.2. The number of benzene rings is 7. The van der Waals surface area contributed by atoms with Crippen molar-refractivity contribution < 1.29 is 51.2 Å². The lowest BCUT2D eigenvalue weighted by Gasteiger charge is -2.05. The van der Waals surface area contributed by atoms with Crippen molar-refractivity contribution in [2.75, 3.05) is 0 Å². The van der Waals surface area contributed by atoms with Gasteiger partial charge in [-0.1, -0.05) is 72.8 Å². The van der Waals surface area contributed by atoms with Gasteiger partial charge >= 0.3 is 21.2 Å². The minimum atomic E-state index is -4.54. The second-order valence-electron chi connectivity index (χ2n) is 14.8. The summed E-state index contributed by atoms with van der Waals surface area (Å²) in [5, 5.41) is 12.8. The topological polar surface area (TPSA) is 263 Å². The van der Waals surface area contributed by atoms with Crippen LogP contribution in [0.2, 0.25) is 0 Å². The quantitative estimate of drug-likeness (QED) is 0.0874. The predicted molar refractivity (Wildman–Crippen MR) is 241 cm³/mol. The van der Waals surface area contributed by atoms with E-state index in [9.17, 15) is 25.9 Å². The molecule has 0 unspecified atom stereocenters. The molecule has 0 amide bonds. The Kier molecular flexibility index (Phi) is 10.6. The second-order valence-corrected chi connectivity index (χ2v) is 18.5. The molecule has 0 bridgehead atoms. The maximum atomic E-state index is 12.5. The zero-order chi connectivity index (χ0) is 47.0. The van der Waals surface area contributed by atoms with Gasteiger partial charge in [-0.2, -0.15) is 36.7 Å². The summed E-state index contributed by atoms with van der Waals surface area (Å²) >= 11 is 0. The van der Waals surface area contributed by atoms with Crippen LogP contribution in [-0.2, 0) is 41.5 Å². The van der Waals surface area contributed by atoms with E-state index in [1.54, 1.807) is 24.3 Å². The maximum absolute atomic E-state index is 12.5. The Bertz CT molecular complexity index is 4230. The molecule has 66 heavy (non-hydrogen) atoms. The van der Waals surface area contributed by atoms with Gasteiger partial charge < -0.3 is 0 Å². The molecule has 0 saturated heterocycles. The maximum Gasteiger partial charge on any atom is 0.425 e. The van der Waals surface area contributed by atoms with Crippen molar-refractivity contribution in [3.63, 3.8) is 0 Å². The van der Waals surface area contributed by atoms with Crippen LogP contribution in [-0.4, -0.2) is 79.3 Å². The van der Waals surface area contributed by atoms with E-state index in [2.05, 4.69) is 28.4 Å². The fourth-order valence-electron chi connectivity index (χ4n) is 7.87. The summed E-state index contributed by atoms with van der Waals surface area (Å²) in [4.78, 5) is 3.56. The first-order chi connectivity index (χ1) is 31.3. The molecule has 0 saturated carbocycles. The van der Waals surface area contributed by atoms with Crippen LogP contribution in [0.5, 0.6) is 0 Å². The van der Waals surface area contributed by atoms with Crippen molar-refractivity contribution in [3.8, 4) is 11.4 Å². The molecule has 4 aromatic heterocycles. The Balaban J connectivity index is 0.000000636. The molecular formula is C42H30N8O12S4. The van der Waals surface area contributed by atoms with E-state index < -0.39 is 41.5 Å². The number of aryl methyl sites for hydroxylation is 2. The van der Waals surface area contributed by atoms with Gasteiger partial charge in [-0.05, 0) is 108 Å². The molecule has 7 aromatic carbocycles. The standard InChI is InChI=1S/C42H30N8O6S2.2O3S/c1-25-22-39(48-47-38-20-13-30-23-33(57(51,52)53)17-18-35(30)42(38)50(47)48)26(2)21-36(25)44-43-31-14-8-27(9-15-31)7-10-29-11-16-32(24-40(29)58(54,55)56)45-46-37-19-12-28-5-3-4-6-34(28)41(37)49(45)46;2*1-4(2)3/h3-24H,1-2H3,(H,51,52,53)(H,54,55,56);;. The Morgan fingerprint density at radius 3 is 1.80 bits per heavy atom. The van der Waals surface area contributed by atoms with Gasteiger partial charge in [-0.3, -0.25) is 9.11 Å². The summed E-state index contributed by atoms with van der Waals surface area (Å²) in [5.41, 5.74) is 9.96. The molecule has 11 aromatic rings. The highest BCUT2D eigenvalue weighted by atomic mass is 32.2. The molecule has 334 valence electrons. The molecule has 0 radical (unpaired) electrons. The van der Waals surface area contributed by atoms with E-state index in [4.69, 9.17) is 25.3 Å². The first-order valence-electron chi connectivity index (χ1n) is 19.1. The van der Waals surface area contributed by atoms with Crippen LogP contribution in [0.3, 0.4) is 0 Å². The van der Waals surface area contributed by atoms with Crippen LogP contribution in [0.1, 0.15) is 22.3 Å². The Morgan fingerprint density at radius 1 is 0.545 bits per heavy atom. The molecule has 0 spiro atoms. The highest BCUT2D eigenvalue weighted by Gasteiger charge is 2.29. The number of hydrogen-bond acceptors (Lipinski definition) is 12. The SMILES string of the molecule is Cc1cc(-n2n3c4ccc5cc(S(=O)(=O)O)ccc5c4n23)c(C)cc1N=Nc1ccc(C=Cc2ccc(-n3n4c5ccc6ccccc6c5n34)cc2S(=O)(=O)O)cc1.O=S(=O)=O.O=S(=O)=O. The van der Waals surface area contributed by atoms with E-state index >= 15 is 0 Å². The molecule has 0 fully saturated rings. The average molecular weight is 967 g/mol. The molecule has 11 rings (SSSR count). The minimum absolute atomic E-state index is 0.144. The van der Waals surface area contributed by atoms with Gasteiger partial charge in [0.1, 0.15) is 27.0 Å². The van der Waals surface area contributed by atoms with Gasteiger partial charge in [0, 0.05) is 10.8 Å². The van der Waals surface area contributed by atoms with E-state index in [1.807, 2.05) is 115 Å². The highest BCUT2D eigenvalue weighted by Crippen LogP contribution is 2.37. The van der Waals surface area contributed by atoms with E-state index in [1.165, 1.54) is 18.2 Å². The van der Waals surface area contributed by atoms with Crippen molar-refractivity contribution >= 4 is 109 Å². The number of nitrogens with zero attached hydrogens (tertiary/aromatic N) is 8. The third-order valence-electron chi connectivity index (χ3n) is 10.8. The monoisotopic (exact) mass is 966 g/mol. The van der Waals surface area contributed by atoms with Gasteiger partial charge in [-0.25, -0.2) is 0 Å². The minimum Gasteiger partial charge on any atom is -0.282 e. The van der Waals surface area contributed by atoms with Gasteiger partial charge in [0.15, 0.2) is 0 Å². The first kappa shape index (κ1) is 43.5. The van der Waals surface area contributed by atoms with Crippen LogP contribution in [0, 0.1) is 13.8 Å². The summed E-state index contributed by atoms with van der Waals surface area (Å²) < 4.78 is 127. The molecule has 0 aliphatic rings. The van der Waals surface area contributed by atoms with Gasteiger partial charge in [0.25, 0.3) is 20.2 Å². The van der Waals surface area contributed by atoms with E-state index in [-0.39, 0.29) is 9.79 Å². The van der Waals surface area contributed by atoms with Crippen LogP contribution < -0.4 is 0 Å². The highest BCUT2D eigenvalue weighted by molar-refractivity contribution is 7.86. The lowest BCUT2D eigenvalue weighted by molar-refractivity contribution is 0.481. The lowest BCUT2D eigenvalue weighted by Crippen LogP contribution is -2.02. The molecule has 0 atom stereocenters. The number of rotatable bonds is 8. The summed E-state index contributed by atoms with van der Waals surface area (Å²) in [6.45, 7) is 3.97. The smallest absolute Gasteiger partial charge is 0.282 e. The molecule has 0 aliphatic carbocycles. The van der Waals surface area contributed by atoms with Gasteiger partial charge in [0.05, 0.1) is 27.6 Å². The van der Waals surface area contributed by atoms with E-state index in [0.29, 0.717) is 28.0 Å². The van der Waals surface area contributed by atoms with Crippen molar-refractivity contribution in [3.05, 3.63) is 144 Å². The van der Waals surface area contributed by atoms with Crippen LogP contribution in [0.15, 0.2) is 141 Å². The van der Waals surface area contributed by atoms with Crippen molar-refractivity contribution in [1.29, 1.82) is 0 Å². The van der Waals surface area contributed by atoms with Gasteiger partial charge in [0.2, 0.25) is 0 Å². The van der Waals surface area contributed by atoms with Crippen LogP contribution in [0.25, 0.3) is 67.1 Å². The third kappa shape index (κ3) is 7.92. The Labute approximate surface area is 374 Å². The summed E-state index contributed by atoms with van der Waals surface area (Å²) in [7, 11) is -15.1. The fraction of sp³-hybridized carbons (Fsp3) is 0.0476. The molecule has 20 nitrogen and oxygen atoms in total. The van der Waals surface area contributed by atoms with Crippen LogP contribution >= 0.6 is 0 Å². The van der Waals surface area contributed by atoms with Gasteiger partial charge in [-0.15, -0.1) is 43.8 Å². The fourth-order valence-corrected chi connectivity index (χ4v) is 9.09. The van der Waals surface area contributed by atoms with Crippen molar-refractivity contribution in [2.45, 2.75) is 23.6 Å². The second kappa shape index (κ2) is 16.1. The van der Waals surface area contributed by atoms with Crippen molar-refractivity contribution in [2.24, 2.45) is 10.2 Å². The number of aromatic nitrogens is 6. The lowest BCUT2D eigenvalue weighted by atomic mass is 10.1. The Hall–Kier alpha value is -7.74. The van der Waals surface area contributed by atoms with Crippen LogP contribution in [0.4, 0.5) is 11.4 Å². The van der Waals surface area contributed by atoms with E-state index in [0.717, 1.165) is 60.6 Å². The normalized spacial score (nSPS) is 12.4. The molecule has 2 N–H and O–H groups in total. The summed E-state index contributed by atoms with van der Waals surface area (Å²) in [6, 6.07) is 36.9. The number of hydrogen-bond donors (Lipinski definition) is 2. The summed E-state index contributed by atoms with van der Waals surface area (Å²) in [5.74, 6) is 0. The zero-order valence-electron chi connectivity index (χ0n) is 33.9. The molecule has 0 aliphatic heterocycles. The predicted octanol–water partition coefficient (Wildman–Crippen LogP) is 7.15. The summed E-state index contributed by atoms with van der Waals surface area (Å²) in [6.07, 6.45) is 3.43. The largest absolute Gasteiger partial charge is 0.425 e. The third-order valence-corrected chi connectivity index (χ3v) is 12.6. The molecule has 4 heterocycles. The molecule has 24 heteroatoms. The first-order valence-corrected chi connectivity index (χ1v) is 24.0.